The molecule has 3 nitrogen and oxygen atoms in total. The first-order valence-corrected chi connectivity index (χ1v) is 4.53. The molecule has 0 radical (unpaired) electrons. The topological polar surface area (TPSA) is 52.0 Å². The van der Waals surface area contributed by atoms with Crippen molar-refractivity contribution >= 4 is 12.4 Å². The molecule has 1 heterocycles. The summed E-state index contributed by atoms with van der Waals surface area (Å²) >= 11 is 0. The zero-order valence-electron chi connectivity index (χ0n) is 8.43. The first-order chi connectivity index (χ1) is 6.83. The highest BCUT2D eigenvalue weighted by atomic mass is 35.5. The molecule has 0 saturated heterocycles. The second-order valence-electron chi connectivity index (χ2n) is 3.15. The van der Waals surface area contributed by atoms with Crippen LogP contribution in [-0.2, 0) is 6.54 Å². The highest BCUT2D eigenvalue weighted by Gasteiger charge is 2.11. The Balaban J connectivity index is 0.00000112. The molecule has 0 saturated carbocycles. The molecule has 80 valence electrons. The van der Waals surface area contributed by atoms with Gasteiger partial charge < -0.3 is 10.3 Å². The lowest BCUT2D eigenvalue weighted by Gasteiger charge is -1.96. The number of hydrogen-bond donors (Lipinski definition) is 1. The van der Waals surface area contributed by atoms with Crippen molar-refractivity contribution in [2.75, 3.05) is 0 Å². The Labute approximate surface area is 94.7 Å². The molecule has 2 aromatic rings. The zero-order valence-corrected chi connectivity index (χ0v) is 9.25. The number of rotatable bonds is 2. The Morgan fingerprint density at radius 2 is 1.93 bits per heavy atom. The van der Waals surface area contributed by atoms with Gasteiger partial charge in [0.1, 0.15) is 5.69 Å². The van der Waals surface area contributed by atoms with Crippen molar-refractivity contribution in [1.29, 1.82) is 0 Å². The molecule has 0 aliphatic heterocycles. The van der Waals surface area contributed by atoms with Gasteiger partial charge in [0.15, 0.2) is 5.76 Å². The molecule has 2 N–H and O–H groups in total. The Morgan fingerprint density at radius 3 is 2.47 bits per heavy atom. The van der Waals surface area contributed by atoms with Gasteiger partial charge in [-0.1, -0.05) is 35.5 Å². The quantitative estimate of drug-likeness (QED) is 0.853. The third-order valence-corrected chi connectivity index (χ3v) is 2.25. The average molecular weight is 225 g/mol. The fourth-order valence-electron chi connectivity index (χ4n) is 1.42. The van der Waals surface area contributed by atoms with Crippen molar-refractivity contribution < 1.29 is 4.52 Å². The molecular formula is C11H13ClN2O. The van der Waals surface area contributed by atoms with Gasteiger partial charge >= 0.3 is 0 Å². The molecule has 15 heavy (non-hydrogen) atoms. The van der Waals surface area contributed by atoms with E-state index in [1.54, 1.807) is 0 Å². The van der Waals surface area contributed by atoms with E-state index in [2.05, 4.69) is 5.16 Å². The van der Waals surface area contributed by atoms with E-state index in [0.29, 0.717) is 6.54 Å². The summed E-state index contributed by atoms with van der Waals surface area (Å²) in [4.78, 5) is 0. The van der Waals surface area contributed by atoms with Crippen LogP contribution in [0.3, 0.4) is 0 Å². The fraction of sp³-hybridized carbons (Fsp3) is 0.182. The number of aromatic nitrogens is 1. The zero-order chi connectivity index (χ0) is 9.97. The Hall–Kier alpha value is -1.32. The smallest absolute Gasteiger partial charge is 0.170 e. The van der Waals surface area contributed by atoms with Crippen molar-refractivity contribution in [2.24, 2.45) is 5.73 Å². The van der Waals surface area contributed by atoms with E-state index in [1.807, 2.05) is 37.3 Å². The van der Waals surface area contributed by atoms with Gasteiger partial charge in [-0.3, -0.25) is 0 Å². The largest absolute Gasteiger partial charge is 0.356 e. The predicted molar refractivity (Wildman–Crippen MR) is 61.8 cm³/mol. The van der Waals surface area contributed by atoms with E-state index in [1.165, 1.54) is 0 Å². The molecule has 0 spiro atoms. The van der Waals surface area contributed by atoms with Crippen molar-refractivity contribution in [1.82, 2.24) is 5.16 Å². The number of hydrogen-bond acceptors (Lipinski definition) is 3. The standard InChI is InChI=1S/C11H12N2O.ClH/c1-8-10(7-12)13-14-11(8)9-5-3-2-4-6-9;/h2-6H,7,12H2,1H3;1H. The third-order valence-electron chi connectivity index (χ3n) is 2.25. The van der Waals surface area contributed by atoms with Crippen molar-refractivity contribution in [3.63, 3.8) is 0 Å². The summed E-state index contributed by atoms with van der Waals surface area (Å²) in [6.45, 7) is 2.39. The van der Waals surface area contributed by atoms with E-state index in [0.717, 1.165) is 22.6 Å². The monoisotopic (exact) mass is 224 g/mol. The number of benzene rings is 1. The van der Waals surface area contributed by atoms with Crippen LogP contribution in [0.15, 0.2) is 34.9 Å². The minimum atomic E-state index is 0. The normalized spacial score (nSPS) is 9.73. The summed E-state index contributed by atoms with van der Waals surface area (Å²) in [6.07, 6.45) is 0. The molecular weight excluding hydrogens is 212 g/mol. The van der Waals surface area contributed by atoms with Gasteiger partial charge in [0.05, 0.1) is 0 Å². The van der Waals surface area contributed by atoms with Gasteiger partial charge in [0, 0.05) is 17.7 Å². The van der Waals surface area contributed by atoms with Crippen LogP contribution in [0.5, 0.6) is 0 Å². The van der Waals surface area contributed by atoms with E-state index >= 15 is 0 Å². The molecule has 4 heteroatoms. The van der Waals surface area contributed by atoms with E-state index in [-0.39, 0.29) is 12.4 Å². The average Bonchev–Trinajstić information content (AvgIpc) is 2.61. The lowest BCUT2D eigenvalue weighted by atomic mass is 10.1. The Bertz CT molecular complexity index is 425. The summed E-state index contributed by atoms with van der Waals surface area (Å²) < 4.78 is 5.24. The summed E-state index contributed by atoms with van der Waals surface area (Å²) in [6, 6.07) is 9.90. The van der Waals surface area contributed by atoms with Crippen LogP contribution >= 0.6 is 12.4 Å². The summed E-state index contributed by atoms with van der Waals surface area (Å²) in [5.74, 6) is 0.811. The predicted octanol–water partition coefficient (Wildman–Crippen LogP) is 2.53. The highest BCUT2D eigenvalue weighted by molar-refractivity contribution is 5.85. The Morgan fingerprint density at radius 1 is 1.27 bits per heavy atom. The SMILES string of the molecule is Cc1c(CN)noc1-c1ccccc1.Cl. The molecule has 0 aliphatic carbocycles. The van der Waals surface area contributed by atoms with Gasteiger partial charge in [0.25, 0.3) is 0 Å². The molecule has 0 fully saturated rings. The maximum atomic E-state index is 5.52. The van der Waals surface area contributed by atoms with Crippen molar-refractivity contribution in [3.8, 4) is 11.3 Å². The molecule has 0 bridgehead atoms. The first-order valence-electron chi connectivity index (χ1n) is 4.53. The molecule has 1 aromatic heterocycles. The number of nitrogens with two attached hydrogens (primary N) is 1. The molecule has 0 amide bonds. The first kappa shape index (κ1) is 11.8. The van der Waals surface area contributed by atoms with Gasteiger partial charge in [-0.2, -0.15) is 0 Å². The van der Waals surface area contributed by atoms with E-state index in [9.17, 15) is 0 Å². The van der Waals surface area contributed by atoms with E-state index < -0.39 is 0 Å². The van der Waals surface area contributed by atoms with Crippen LogP contribution in [0.1, 0.15) is 11.3 Å². The third kappa shape index (κ3) is 2.19. The van der Waals surface area contributed by atoms with E-state index in [4.69, 9.17) is 10.3 Å². The van der Waals surface area contributed by atoms with Gasteiger partial charge in [-0.25, -0.2) is 0 Å². The highest BCUT2D eigenvalue weighted by Crippen LogP contribution is 2.24. The van der Waals surface area contributed by atoms with Gasteiger partial charge in [-0.05, 0) is 6.92 Å². The molecule has 0 atom stereocenters. The summed E-state index contributed by atoms with van der Waals surface area (Å²) in [7, 11) is 0. The van der Waals surface area contributed by atoms with Crippen molar-refractivity contribution in [2.45, 2.75) is 13.5 Å². The Kier molecular flexibility index (Phi) is 3.88. The lowest BCUT2D eigenvalue weighted by molar-refractivity contribution is 0.423. The molecule has 2 rings (SSSR count). The van der Waals surface area contributed by atoms with Crippen LogP contribution < -0.4 is 5.73 Å². The van der Waals surface area contributed by atoms with Gasteiger partial charge in [-0.15, -0.1) is 12.4 Å². The minimum Gasteiger partial charge on any atom is -0.356 e. The maximum Gasteiger partial charge on any atom is 0.170 e. The van der Waals surface area contributed by atoms with Crippen LogP contribution in [0.25, 0.3) is 11.3 Å². The summed E-state index contributed by atoms with van der Waals surface area (Å²) in [5, 5.41) is 3.91. The fourth-order valence-corrected chi connectivity index (χ4v) is 1.42. The van der Waals surface area contributed by atoms with Crippen molar-refractivity contribution in [3.05, 3.63) is 41.6 Å². The van der Waals surface area contributed by atoms with Gasteiger partial charge in [0.2, 0.25) is 0 Å². The van der Waals surface area contributed by atoms with Crippen LogP contribution in [-0.4, -0.2) is 5.16 Å². The van der Waals surface area contributed by atoms with Crippen LogP contribution in [0.2, 0.25) is 0 Å². The second-order valence-corrected chi connectivity index (χ2v) is 3.15. The molecule has 0 aliphatic rings. The molecule has 1 aromatic carbocycles. The summed E-state index contributed by atoms with van der Waals surface area (Å²) in [5.41, 5.74) is 8.41. The second kappa shape index (κ2) is 4.96. The minimum absolute atomic E-state index is 0. The lowest BCUT2D eigenvalue weighted by Crippen LogP contribution is -1.97. The van der Waals surface area contributed by atoms with Crippen LogP contribution in [0, 0.1) is 6.92 Å². The molecule has 0 unspecified atom stereocenters. The number of nitrogens with zero attached hydrogens (tertiary/aromatic N) is 1. The number of halogens is 1. The van der Waals surface area contributed by atoms with Crippen LogP contribution in [0.4, 0.5) is 0 Å². The maximum absolute atomic E-state index is 5.52.